The maximum atomic E-state index is 12.6. The highest BCUT2D eigenvalue weighted by Gasteiger charge is 2.29. The molecule has 0 fully saturated rings. The van der Waals surface area contributed by atoms with Crippen LogP contribution in [0.15, 0.2) is 65.5 Å². The molecule has 4 rings (SSSR count). The number of carbonyl (C=O) groups excluding carboxylic acids is 1. The van der Waals surface area contributed by atoms with Crippen LogP contribution in [0.5, 0.6) is 5.75 Å². The number of carbonyl (C=O) groups is 1. The number of amides is 1. The molecule has 4 aromatic rings. The number of imidazole rings is 1. The van der Waals surface area contributed by atoms with E-state index in [0.717, 1.165) is 17.1 Å². The van der Waals surface area contributed by atoms with E-state index in [-0.39, 0.29) is 5.91 Å². The fraction of sp³-hybridized carbons (Fsp3) is 0.238. The molecular formula is C21H21ClN4O3. The largest absolute Gasteiger partial charge is 0.478 e. The molecule has 0 unspecified atom stereocenters. The Labute approximate surface area is 172 Å². The Morgan fingerprint density at radius 1 is 1.24 bits per heavy atom. The van der Waals surface area contributed by atoms with Crippen molar-refractivity contribution >= 4 is 23.2 Å². The summed E-state index contributed by atoms with van der Waals surface area (Å²) in [4.78, 5) is 12.6. The lowest BCUT2D eigenvalue weighted by Crippen LogP contribution is -2.47. The van der Waals surface area contributed by atoms with E-state index in [1.807, 2.05) is 35.2 Å². The fourth-order valence-electron chi connectivity index (χ4n) is 3.01. The zero-order valence-corrected chi connectivity index (χ0v) is 16.9. The molecule has 7 nitrogen and oxygen atoms in total. The molecule has 0 atom stereocenters. The van der Waals surface area contributed by atoms with Crippen LogP contribution >= 0.6 is 11.6 Å². The Balaban J connectivity index is 1.36. The Morgan fingerprint density at radius 2 is 2.03 bits per heavy atom. The highest BCUT2D eigenvalue weighted by atomic mass is 35.5. The summed E-state index contributed by atoms with van der Waals surface area (Å²) >= 11 is 5.89. The first-order valence-corrected chi connectivity index (χ1v) is 9.61. The highest BCUT2D eigenvalue weighted by molar-refractivity contribution is 6.30. The number of fused-ring (bicyclic) bond motifs is 1. The number of ether oxygens (including phenoxy) is 1. The average Bonchev–Trinajstić information content (AvgIpc) is 3.41. The predicted molar refractivity (Wildman–Crippen MR) is 110 cm³/mol. The molecule has 8 heteroatoms. The SMILES string of the molecule is CC(C)(Oc1ccc(Cl)cc1)C(=O)NCCn1ccn2nc(-c3ccco3)cc12. The van der Waals surface area contributed by atoms with Crippen LogP contribution in [0.2, 0.25) is 5.02 Å². The number of hydrogen-bond donors (Lipinski definition) is 1. The van der Waals surface area contributed by atoms with E-state index in [9.17, 15) is 4.79 Å². The molecule has 1 aromatic carbocycles. The van der Waals surface area contributed by atoms with Crippen molar-refractivity contribution < 1.29 is 13.9 Å². The van der Waals surface area contributed by atoms with Crippen molar-refractivity contribution in [2.75, 3.05) is 6.54 Å². The number of furan rings is 1. The fourth-order valence-corrected chi connectivity index (χ4v) is 3.13. The summed E-state index contributed by atoms with van der Waals surface area (Å²) in [5.41, 5.74) is 0.673. The van der Waals surface area contributed by atoms with E-state index in [1.54, 1.807) is 48.9 Å². The minimum Gasteiger partial charge on any atom is -0.478 e. The topological polar surface area (TPSA) is 73.7 Å². The summed E-state index contributed by atoms with van der Waals surface area (Å²) < 4.78 is 15.0. The lowest BCUT2D eigenvalue weighted by molar-refractivity contribution is -0.134. The lowest BCUT2D eigenvalue weighted by atomic mass is 10.1. The van der Waals surface area contributed by atoms with Crippen LogP contribution in [0.1, 0.15) is 13.8 Å². The number of aromatic nitrogens is 3. The molecule has 0 bridgehead atoms. The molecule has 0 aliphatic heterocycles. The molecule has 0 radical (unpaired) electrons. The first-order chi connectivity index (χ1) is 13.9. The molecule has 150 valence electrons. The van der Waals surface area contributed by atoms with Gasteiger partial charge in [0.15, 0.2) is 11.4 Å². The van der Waals surface area contributed by atoms with Crippen LogP contribution in [0.4, 0.5) is 0 Å². The van der Waals surface area contributed by atoms with E-state index < -0.39 is 5.60 Å². The van der Waals surface area contributed by atoms with Crippen molar-refractivity contribution in [1.82, 2.24) is 19.5 Å². The molecular weight excluding hydrogens is 392 g/mol. The van der Waals surface area contributed by atoms with Crippen LogP contribution < -0.4 is 10.1 Å². The second-order valence-corrected chi connectivity index (χ2v) is 7.56. The van der Waals surface area contributed by atoms with Crippen molar-refractivity contribution in [2.45, 2.75) is 26.0 Å². The van der Waals surface area contributed by atoms with E-state index in [1.165, 1.54) is 0 Å². The quantitative estimate of drug-likeness (QED) is 0.497. The van der Waals surface area contributed by atoms with Crippen LogP contribution in [0.3, 0.4) is 0 Å². The first kappa shape index (κ1) is 19.1. The van der Waals surface area contributed by atoms with E-state index in [0.29, 0.717) is 23.9 Å². The van der Waals surface area contributed by atoms with Crippen molar-refractivity contribution in [1.29, 1.82) is 0 Å². The summed E-state index contributed by atoms with van der Waals surface area (Å²) in [6, 6.07) is 12.6. The van der Waals surface area contributed by atoms with Gasteiger partial charge in [-0.15, -0.1) is 0 Å². The third-order valence-corrected chi connectivity index (χ3v) is 4.80. The van der Waals surface area contributed by atoms with Gasteiger partial charge in [0.1, 0.15) is 17.1 Å². The van der Waals surface area contributed by atoms with Gasteiger partial charge in [-0.2, -0.15) is 5.10 Å². The zero-order chi connectivity index (χ0) is 20.4. The van der Waals surface area contributed by atoms with E-state index in [4.69, 9.17) is 20.8 Å². The van der Waals surface area contributed by atoms with Gasteiger partial charge in [-0.1, -0.05) is 11.6 Å². The standard InChI is InChI=1S/C21H21ClN4O3/c1-21(2,29-16-7-5-15(22)6-8-16)20(27)23-9-10-25-11-12-26-19(25)14-17(24-26)18-4-3-13-28-18/h3-8,11-14H,9-10H2,1-2H3,(H,23,27). The number of nitrogens with zero attached hydrogens (tertiary/aromatic N) is 3. The summed E-state index contributed by atoms with van der Waals surface area (Å²) in [5, 5.41) is 8.05. The maximum Gasteiger partial charge on any atom is 0.263 e. The zero-order valence-electron chi connectivity index (χ0n) is 16.1. The summed E-state index contributed by atoms with van der Waals surface area (Å²) in [6.07, 6.45) is 5.42. The minimum atomic E-state index is -1.01. The van der Waals surface area contributed by atoms with Gasteiger partial charge < -0.3 is 19.0 Å². The van der Waals surface area contributed by atoms with Gasteiger partial charge in [0.25, 0.3) is 5.91 Å². The number of rotatable bonds is 7. The third-order valence-electron chi connectivity index (χ3n) is 4.54. The van der Waals surface area contributed by atoms with Crippen LogP contribution in [0, 0.1) is 0 Å². The Bertz CT molecular complexity index is 1110. The number of benzene rings is 1. The first-order valence-electron chi connectivity index (χ1n) is 9.24. The summed E-state index contributed by atoms with van der Waals surface area (Å²) in [7, 11) is 0. The second kappa shape index (κ2) is 7.67. The van der Waals surface area contributed by atoms with Crippen molar-refractivity contribution in [2.24, 2.45) is 0 Å². The molecule has 0 saturated heterocycles. The van der Waals surface area contributed by atoms with Crippen molar-refractivity contribution in [3.63, 3.8) is 0 Å². The van der Waals surface area contributed by atoms with Gasteiger partial charge in [0.05, 0.1) is 6.26 Å². The summed E-state index contributed by atoms with van der Waals surface area (Å²) in [6.45, 7) is 4.52. The molecule has 0 aliphatic carbocycles. The van der Waals surface area contributed by atoms with Crippen molar-refractivity contribution in [3.05, 3.63) is 66.1 Å². The Morgan fingerprint density at radius 3 is 2.76 bits per heavy atom. The number of nitrogens with one attached hydrogen (secondary N) is 1. The molecule has 1 amide bonds. The molecule has 0 spiro atoms. The number of halogens is 1. The molecule has 3 heterocycles. The van der Waals surface area contributed by atoms with Crippen LogP contribution in [0.25, 0.3) is 17.1 Å². The monoisotopic (exact) mass is 412 g/mol. The molecule has 1 N–H and O–H groups in total. The highest BCUT2D eigenvalue weighted by Crippen LogP contribution is 2.22. The van der Waals surface area contributed by atoms with Crippen LogP contribution in [-0.4, -0.2) is 32.2 Å². The van der Waals surface area contributed by atoms with Gasteiger partial charge in [-0.05, 0) is 50.2 Å². The predicted octanol–water partition coefficient (Wildman–Crippen LogP) is 4.02. The molecule has 0 saturated carbocycles. The molecule has 29 heavy (non-hydrogen) atoms. The van der Waals surface area contributed by atoms with E-state index in [2.05, 4.69) is 10.4 Å². The van der Waals surface area contributed by atoms with Crippen LogP contribution in [-0.2, 0) is 11.3 Å². The third kappa shape index (κ3) is 4.14. The Hall–Kier alpha value is -3.19. The smallest absolute Gasteiger partial charge is 0.263 e. The molecule has 3 aromatic heterocycles. The van der Waals surface area contributed by atoms with Gasteiger partial charge in [-0.3, -0.25) is 4.79 Å². The maximum absolute atomic E-state index is 12.6. The number of hydrogen-bond acceptors (Lipinski definition) is 4. The van der Waals surface area contributed by atoms with Gasteiger partial charge in [-0.25, -0.2) is 4.52 Å². The molecule has 0 aliphatic rings. The minimum absolute atomic E-state index is 0.194. The normalized spacial score (nSPS) is 11.7. The summed E-state index contributed by atoms with van der Waals surface area (Å²) in [5.74, 6) is 1.11. The van der Waals surface area contributed by atoms with Gasteiger partial charge in [0.2, 0.25) is 0 Å². The van der Waals surface area contributed by atoms with Gasteiger partial charge >= 0.3 is 0 Å². The average molecular weight is 413 g/mol. The van der Waals surface area contributed by atoms with Crippen molar-refractivity contribution in [3.8, 4) is 17.2 Å². The second-order valence-electron chi connectivity index (χ2n) is 7.12. The Kier molecular flexibility index (Phi) is 5.07. The van der Waals surface area contributed by atoms with E-state index >= 15 is 0 Å². The van der Waals surface area contributed by atoms with Gasteiger partial charge in [0, 0.05) is 36.6 Å². The lowest BCUT2D eigenvalue weighted by Gasteiger charge is -2.25.